The quantitative estimate of drug-likeness (QED) is 0.813. The normalized spacial score (nSPS) is 21.3. The maximum atomic E-state index is 12.2. The van der Waals surface area contributed by atoms with Crippen LogP contribution in [0.25, 0.3) is 0 Å². The summed E-state index contributed by atoms with van der Waals surface area (Å²) in [7, 11) is 0. The van der Waals surface area contributed by atoms with E-state index >= 15 is 0 Å². The number of thioether (sulfide) groups is 1. The fourth-order valence-electron chi connectivity index (χ4n) is 2.33. The van der Waals surface area contributed by atoms with Gasteiger partial charge in [0.2, 0.25) is 5.91 Å². The van der Waals surface area contributed by atoms with E-state index in [2.05, 4.69) is 10.6 Å². The highest BCUT2D eigenvalue weighted by atomic mass is 32.2. The summed E-state index contributed by atoms with van der Waals surface area (Å²) >= 11 is 3.12. The molecule has 1 unspecified atom stereocenters. The van der Waals surface area contributed by atoms with Crippen LogP contribution in [-0.2, 0) is 9.53 Å². The van der Waals surface area contributed by atoms with Crippen LogP contribution >= 0.6 is 23.1 Å². The molecule has 1 aliphatic heterocycles. The lowest BCUT2D eigenvalue weighted by Gasteiger charge is -2.11. The smallest absolute Gasteiger partial charge is 0.341 e. The van der Waals surface area contributed by atoms with Gasteiger partial charge in [-0.25, -0.2) is 4.79 Å². The van der Waals surface area contributed by atoms with Crippen LogP contribution in [0.15, 0.2) is 5.38 Å². The number of thiophene rings is 1. The molecule has 0 spiro atoms. The molecule has 114 valence electrons. The summed E-state index contributed by atoms with van der Waals surface area (Å²) in [6.07, 6.45) is 2.22. The Morgan fingerprint density at radius 1 is 1.48 bits per heavy atom. The fourth-order valence-corrected chi connectivity index (χ4v) is 4.31. The highest BCUT2D eigenvalue weighted by Gasteiger charge is 2.33. The van der Waals surface area contributed by atoms with Crippen molar-refractivity contribution in [3.05, 3.63) is 16.5 Å². The molecule has 1 aliphatic carbocycles. The van der Waals surface area contributed by atoms with Gasteiger partial charge in [-0.05, 0) is 36.6 Å². The van der Waals surface area contributed by atoms with Gasteiger partial charge in [-0.1, -0.05) is 0 Å². The molecule has 7 heteroatoms. The molecule has 3 rings (SSSR count). The van der Waals surface area contributed by atoms with E-state index in [-0.39, 0.29) is 17.9 Å². The number of amides is 1. The van der Waals surface area contributed by atoms with Gasteiger partial charge in [0.05, 0.1) is 18.2 Å². The molecule has 1 aromatic heterocycles. The van der Waals surface area contributed by atoms with Gasteiger partial charge < -0.3 is 10.1 Å². The number of hydrogen-bond acceptors (Lipinski definition) is 6. The molecular formula is C14H18N2O3S2. The molecule has 5 nitrogen and oxygen atoms in total. The van der Waals surface area contributed by atoms with E-state index in [1.54, 1.807) is 18.7 Å². The molecule has 2 heterocycles. The molecule has 2 aliphatic rings. The lowest BCUT2D eigenvalue weighted by molar-refractivity contribution is -0.117. The van der Waals surface area contributed by atoms with Crippen LogP contribution in [0, 0.1) is 0 Å². The summed E-state index contributed by atoms with van der Waals surface area (Å²) in [6.45, 7) is 2.13. The van der Waals surface area contributed by atoms with Gasteiger partial charge >= 0.3 is 5.97 Å². The van der Waals surface area contributed by atoms with Gasteiger partial charge in [-0.15, -0.1) is 23.1 Å². The molecule has 0 aromatic carbocycles. The maximum Gasteiger partial charge on any atom is 0.341 e. The van der Waals surface area contributed by atoms with E-state index in [9.17, 15) is 9.59 Å². The second-order valence-corrected chi connectivity index (χ2v) is 7.06. The molecule has 2 fully saturated rings. The number of ether oxygens (including phenoxy) is 1. The van der Waals surface area contributed by atoms with Crippen LogP contribution < -0.4 is 10.6 Å². The SMILES string of the molecule is CCOC(=O)c1c(C2CC2)csc1NC(=O)C1CSCN1. The van der Waals surface area contributed by atoms with Crippen LogP contribution in [0.2, 0.25) is 0 Å². The zero-order valence-electron chi connectivity index (χ0n) is 11.8. The van der Waals surface area contributed by atoms with Gasteiger partial charge in [0, 0.05) is 11.6 Å². The highest BCUT2D eigenvalue weighted by Crippen LogP contribution is 2.46. The van der Waals surface area contributed by atoms with Crippen molar-refractivity contribution in [2.45, 2.75) is 31.7 Å². The molecule has 1 amide bonds. The first-order valence-electron chi connectivity index (χ1n) is 7.11. The minimum atomic E-state index is -0.329. The van der Waals surface area contributed by atoms with Gasteiger partial charge in [0.1, 0.15) is 5.00 Å². The molecule has 21 heavy (non-hydrogen) atoms. The number of anilines is 1. The Bertz CT molecular complexity index is 548. The predicted molar refractivity (Wildman–Crippen MR) is 85.1 cm³/mol. The fraction of sp³-hybridized carbons (Fsp3) is 0.571. The molecule has 1 saturated heterocycles. The second-order valence-electron chi connectivity index (χ2n) is 5.15. The highest BCUT2D eigenvalue weighted by molar-refractivity contribution is 7.99. The van der Waals surface area contributed by atoms with E-state index in [1.165, 1.54) is 11.3 Å². The van der Waals surface area contributed by atoms with E-state index < -0.39 is 0 Å². The van der Waals surface area contributed by atoms with Crippen molar-refractivity contribution < 1.29 is 14.3 Å². The average Bonchev–Trinajstić information content (AvgIpc) is 3.01. The average molecular weight is 326 g/mol. The number of hydrogen-bond donors (Lipinski definition) is 2. The van der Waals surface area contributed by atoms with Gasteiger partial charge in [-0.2, -0.15) is 0 Å². The molecule has 1 saturated carbocycles. The van der Waals surface area contributed by atoms with Crippen molar-refractivity contribution in [2.75, 3.05) is 23.6 Å². The lowest BCUT2D eigenvalue weighted by atomic mass is 10.1. The zero-order valence-corrected chi connectivity index (χ0v) is 13.4. The van der Waals surface area contributed by atoms with Gasteiger partial charge in [-0.3, -0.25) is 10.1 Å². The molecule has 0 bridgehead atoms. The maximum absolute atomic E-state index is 12.2. The van der Waals surface area contributed by atoms with Crippen LogP contribution in [0.5, 0.6) is 0 Å². The zero-order chi connectivity index (χ0) is 14.8. The largest absolute Gasteiger partial charge is 0.462 e. The topological polar surface area (TPSA) is 67.4 Å². The standard InChI is InChI=1S/C14H18N2O3S2/c1-2-19-14(18)11-9(8-3-4-8)5-21-13(11)16-12(17)10-6-20-7-15-10/h5,8,10,15H,2-4,6-7H2,1H3,(H,16,17). The molecule has 1 atom stereocenters. The summed E-state index contributed by atoms with van der Waals surface area (Å²) in [5, 5.41) is 8.64. The van der Waals surface area contributed by atoms with Gasteiger partial charge in [0.15, 0.2) is 0 Å². The van der Waals surface area contributed by atoms with E-state index in [0.29, 0.717) is 23.1 Å². The van der Waals surface area contributed by atoms with E-state index in [4.69, 9.17) is 4.74 Å². The minimum absolute atomic E-state index is 0.0743. The lowest BCUT2D eigenvalue weighted by Crippen LogP contribution is -2.37. The third-order valence-electron chi connectivity index (χ3n) is 3.59. The molecule has 2 N–H and O–H groups in total. The Hall–Kier alpha value is -1.05. The van der Waals surface area contributed by atoms with Crippen LogP contribution in [-0.4, -0.2) is 36.2 Å². The number of esters is 1. The summed E-state index contributed by atoms with van der Waals surface area (Å²) < 4.78 is 5.15. The third kappa shape index (κ3) is 3.25. The van der Waals surface area contributed by atoms with E-state index in [1.807, 2.05) is 5.38 Å². The van der Waals surface area contributed by atoms with E-state index in [0.717, 1.165) is 30.0 Å². The first-order chi connectivity index (χ1) is 10.2. The van der Waals surface area contributed by atoms with Crippen molar-refractivity contribution >= 4 is 40.0 Å². The first kappa shape index (κ1) is 14.9. The second kappa shape index (κ2) is 6.37. The number of nitrogens with one attached hydrogen (secondary N) is 2. The van der Waals surface area contributed by atoms with Crippen molar-refractivity contribution in [2.24, 2.45) is 0 Å². The van der Waals surface area contributed by atoms with Gasteiger partial charge in [0.25, 0.3) is 0 Å². The van der Waals surface area contributed by atoms with Crippen LogP contribution in [0.1, 0.15) is 41.6 Å². The predicted octanol–water partition coefficient (Wildman–Crippen LogP) is 2.40. The monoisotopic (exact) mass is 326 g/mol. The number of carbonyl (C=O) groups excluding carboxylic acids is 2. The molecule has 1 aromatic rings. The van der Waals surface area contributed by atoms with Crippen molar-refractivity contribution in [1.29, 1.82) is 0 Å². The minimum Gasteiger partial charge on any atom is -0.462 e. The van der Waals surface area contributed by atoms with Crippen molar-refractivity contribution in [1.82, 2.24) is 5.32 Å². The van der Waals surface area contributed by atoms with Crippen molar-refractivity contribution in [3.8, 4) is 0 Å². The first-order valence-corrected chi connectivity index (χ1v) is 9.14. The summed E-state index contributed by atoms with van der Waals surface area (Å²) in [5.74, 6) is 1.60. The van der Waals surface area contributed by atoms with Crippen molar-refractivity contribution in [3.63, 3.8) is 0 Å². The summed E-state index contributed by atoms with van der Waals surface area (Å²) in [6, 6.07) is -0.184. The summed E-state index contributed by atoms with van der Waals surface area (Å²) in [4.78, 5) is 24.4. The number of rotatable bonds is 5. The molecular weight excluding hydrogens is 308 g/mol. The Kier molecular flexibility index (Phi) is 4.51. The molecule has 0 radical (unpaired) electrons. The van der Waals surface area contributed by atoms with Crippen LogP contribution in [0.4, 0.5) is 5.00 Å². The third-order valence-corrected chi connectivity index (χ3v) is 5.44. The Balaban J connectivity index is 1.80. The Labute approximate surface area is 131 Å². The van der Waals surface area contributed by atoms with Crippen LogP contribution in [0.3, 0.4) is 0 Å². The Morgan fingerprint density at radius 3 is 2.90 bits per heavy atom. The number of carbonyl (C=O) groups is 2. The Morgan fingerprint density at radius 2 is 2.29 bits per heavy atom. The summed E-state index contributed by atoms with van der Waals surface area (Å²) in [5.41, 5.74) is 1.59.